The lowest BCUT2D eigenvalue weighted by Crippen LogP contribution is -2.26. The van der Waals surface area contributed by atoms with E-state index in [2.05, 4.69) is 14.9 Å². The number of hydrogen-bond acceptors (Lipinski definition) is 6. The van der Waals surface area contributed by atoms with E-state index in [9.17, 15) is 8.42 Å². The van der Waals surface area contributed by atoms with Crippen molar-refractivity contribution in [1.82, 2.24) is 14.9 Å². The maximum absolute atomic E-state index is 12.0. The highest BCUT2D eigenvalue weighted by Gasteiger charge is 2.15. The van der Waals surface area contributed by atoms with Crippen molar-refractivity contribution in [3.05, 3.63) is 34.9 Å². The van der Waals surface area contributed by atoms with Crippen LogP contribution in [0.25, 0.3) is 0 Å². The molecule has 1 heterocycles. The van der Waals surface area contributed by atoms with Gasteiger partial charge < -0.3 is 10.3 Å². The van der Waals surface area contributed by atoms with Crippen LogP contribution in [0.2, 0.25) is 5.02 Å². The van der Waals surface area contributed by atoms with Gasteiger partial charge in [-0.2, -0.15) is 4.98 Å². The zero-order valence-electron chi connectivity index (χ0n) is 10.6. The normalized spacial score (nSPS) is 11.7. The first-order valence-corrected chi connectivity index (χ1v) is 7.58. The van der Waals surface area contributed by atoms with Crippen molar-refractivity contribution in [2.75, 3.05) is 12.3 Å². The Morgan fingerprint density at radius 2 is 2.20 bits per heavy atom. The van der Waals surface area contributed by atoms with Crippen LogP contribution >= 0.6 is 11.6 Å². The Kier molecular flexibility index (Phi) is 4.26. The van der Waals surface area contributed by atoms with E-state index in [-0.39, 0.29) is 17.1 Å². The first-order chi connectivity index (χ1) is 9.38. The van der Waals surface area contributed by atoms with Crippen LogP contribution in [0.4, 0.5) is 5.69 Å². The van der Waals surface area contributed by atoms with Gasteiger partial charge in [-0.1, -0.05) is 16.8 Å². The minimum absolute atomic E-state index is 0.0590. The van der Waals surface area contributed by atoms with Crippen LogP contribution < -0.4 is 10.5 Å². The molecule has 9 heteroatoms. The van der Waals surface area contributed by atoms with Crippen molar-refractivity contribution in [2.45, 2.75) is 18.2 Å². The van der Waals surface area contributed by atoms with E-state index in [1.165, 1.54) is 18.2 Å². The third-order valence-electron chi connectivity index (χ3n) is 2.49. The van der Waals surface area contributed by atoms with E-state index in [1.807, 2.05) is 0 Å². The fourth-order valence-electron chi connectivity index (χ4n) is 1.51. The Hall–Kier alpha value is -1.64. The number of halogens is 1. The van der Waals surface area contributed by atoms with Gasteiger partial charge >= 0.3 is 0 Å². The van der Waals surface area contributed by atoms with Gasteiger partial charge in [0.2, 0.25) is 15.9 Å². The summed E-state index contributed by atoms with van der Waals surface area (Å²) < 4.78 is 31.3. The summed E-state index contributed by atoms with van der Waals surface area (Å²) in [6.07, 6.45) is 0.333. The minimum Gasteiger partial charge on any atom is -0.397 e. The highest BCUT2D eigenvalue weighted by Crippen LogP contribution is 2.21. The summed E-state index contributed by atoms with van der Waals surface area (Å²) in [5, 5.41) is 3.99. The van der Waals surface area contributed by atoms with Crippen LogP contribution in [0.15, 0.2) is 27.6 Å². The summed E-state index contributed by atoms with van der Waals surface area (Å²) >= 11 is 5.75. The number of nitrogens with two attached hydrogens (primary N) is 1. The predicted molar refractivity (Wildman–Crippen MR) is 73.8 cm³/mol. The molecule has 2 rings (SSSR count). The summed E-state index contributed by atoms with van der Waals surface area (Å²) in [6, 6.07) is 4.14. The van der Waals surface area contributed by atoms with E-state index < -0.39 is 10.0 Å². The quantitative estimate of drug-likeness (QED) is 0.800. The summed E-state index contributed by atoms with van der Waals surface area (Å²) in [5.41, 5.74) is 5.79. The number of nitrogen functional groups attached to an aromatic ring is 1. The summed E-state index contributed by atoms with van der Waals surface area (Å²) in [6.45, 7) is 1.82. The van der Waals surface area contributed by atoms with E-state index in [4.69, 9.17) is 21.9 Å². The highest BCUT2D eigenvalue weighted by atomic mass is 35.5. The number of benzene rings is 1. The molecule has 0 atom stereocenters. The molecule has 0 aliphatic rings. The largest absolute Gasteiger partial charge is 0.397 e. The van der Waals surface area contributed by atoms with Gasteiger partial charge in [-0.3, -0.25) is 0 Å². The average molecular weight is 317 g/mol. The third kappa shape index (κ3) is 3.47. The number of aryl methyl sites for hydroxylation is 1. The zero-order chi connectivity index (χ0) is 14.8. The lowest BCUT2D eigenvalue weighted by Gasteiger charge is -2.07. The molecule has 20 heavy (non-hydrogen) atoms. The number of rotatable bonds is 5. The van der Waals surface area contributed by atoms with E-state index in [1.54, 1.807) is 6.92 Å². The molecule has 7 nitrogen and oxygen atoms in total. The van der Waals surface area contributed by atoms with Gasteiger partial charge in [-0.15, -0.1) is 0 Å². The highest BCUT2D eigenvalue weighted by molar-refractivity contribution is 7.89. The summed E-state index contributed by atoms with van der Waals surface area (Å²) in [5.74, 6) is 0.883. The van der Waals surface area contributed by atoms with E-state index in [0.717, 1.165) is 0 Å². The van der Waals surface area contributed by atoms with Crippen LogP contribution in [0.5, 0.6) is 0 Å². The molecular weight excluding hydrogens is 304 g/mol. The Labute approximate surface area is 121 Å². The smallest absolute Gasteiger partial charge is 0.240 e. The van der Waals surface area contributed by atoms with Gasteiger partial charge in [0.25, 0.3) is 0 Å². The molecule has 0 aliphatic carbocycles. The fraction of sp³-hybridized carbons (Fsp3) is 0.273. The second kappa shape index (κ2) is 5.78. The molecule has 0 spiro atoms. The maximum Gasteiger partial charge on any atom is 0.240 e. The number of hydrogen-bond donors (Lipinski definition) is 2. The second-order valence-corrected chi connectivity index (χ2v) is 6.23. The predicted octanol–water partition coefficient (Wildman–Crippen LogP) is 1.13. The zero-order valence-corrected chi connectivity index (χ0v) is 12.2. The molecule has 0 aliphatic heterocycles. The van der Waals surface area contributed by atoms with Gasteiger partial charge in [0.05, 0.1) is 15.6 Å². The van der Waals surface area contributed by atoms with Crippen LogP contribution in [0.3, 0.4) is 0 Å². The first kappa shape index (κ1) is 14.8. The van der Waals surface area contributed by atoms with Crippen LogP contribution in [-0.2, 0) is 16.4 Å². The van der Waals surface area contributed by atoms with Gasteiger partial charge in [0, 0.05) is 19.9 Å². The van der Waals surface area contributed by atoms with Crippen molar-refractivity contribution >= 4 is 27.3 Å². The third-order valence-corrected chi connectivity index (χ3v) is 4.29. The maximum atomic E-state index is 12.0. The lowest BCUT2D eigenvalue weighted by molar-refractivity contribution is 0.387. The Morgan fingerprint density at radius 3 is 2.80 bits per heavy atom. The molecule has 0 amide bonds. The van der Waals surface area contributed by atoms with Gasteiger partial charge in [0.15, 0.2) is 5.82 Å². The number of nitrogens with one attached hydrogen (secondary N) is 1. The van der Waals surface area contributed by atoms with Crippen molar-refractivity contribution < 1.29 is 12.9 Å². The first-order valence-electron chi connectivity index (χ1n) is 5.72. The minimum atomic E-state index is -3.64. The molecule has 0 saturated carbocycles. The number of aromatic nitrogens is 2. The summed E-state index contributed by atoms with van der Waals surface area (Å²) in [4.78, 5) is 4.04. The van der Waals surface area contributed by atoms with Gasteiger partial charge in [0.1, 0.15) is 0 Å². The van der Waals surface area contributed by atoms with Crippen LogP contribution in [0, 0.1) is 6.92 Å². The molecule has 1 aromatic heterocycles. The fourth-order valence-corrected chi connectivity index (χ4v) is 2.70. The van der Waals surface area contributed by atoms with E-state index >= 15 is 0 Å². The van der Waals surface area contributed by atoms with Crippen molar-refractivity contribution in [2.24, 2.45) is 0 Å². The van der Waals surface area contributed by atoms with Crippen LogP contribution in [-0.4, -0.2) is 25.1 Å². The molecule has 0 unspecified atom stereocenters. The SMILES string of the molecule is Cc1nc(CCNS(=O)(=O)c2ccc(Cl)c(N)c2)no1. The molecule has 0 saturated heterocycles. The van der Waals surface area contributed by atoms with Crippen molar-refractivity contribution in [1.29, 1.82) is 0 Å². The summed E-state index contributed by atoms with van der Waals surface area (Å²) in [7, 11) is -3.64. The molecule has 3 N–H and O–H groups in total. The molecular formula is C11H13ClN4O3S. The van der Waals surface area contributed by atoms with Crippen LogP contribution in [0.1, 0.15) is 11.7 Å². The Balaban J connectivity index is 2.02. The van der Waals surface area contributed by atoms with Crippen molar-refractivity contribution in [3.8, 4) is 0 Å². The molecule has 108 valence electrons. The molecule has 0 bridgehead atoms. The molecule has 0 radical (unpaired) electrons. The topological polar surface area (TPSA) is 111 Å². The van der Waals surface area contributed by atoms with Gasteiger partial charge in [-0.25, -0.2) is 13.1 Å². The molecule has 1 aromatic carbocycles. The number of anilines is 1. The second-order valence-electron chi connectivity index (χ2n) is 4.06. The monoisotopic (exact) mass is 316 g/mol. The molecule has 2 aromatic rings. The van der Waals surface area contributed by atoms with Gasteiger partial charge in [-0.05, 0) is 18.2 Å². The van der Waals surface area contributed by atoms with Crippen molar-refractivity contribution in [3.63, 3.8) is 0 Å². The Bertz CT molecular complexity index is 714. The standard InChI is InChI=1S/C11H13ClN4O3S/c1-7-15-11(16-19-7)4-5-14-20(17,18)8-2-3-9(12)10(13)6-8/h2-3,6,14H,4-5,13H2,1H3. The Morgan fingerprint density at radius 1 is 1.45 bits per heavy atom. The molecule has 0 fully saturated rings. The number of sulfonamides is 1. The average Bonchev–Trinajstić information content (AvgIpc) is 2.78. The number of nitrogens with zero attached hydrogens (tertiary/aromatic N) is 2. The lowest BCUT2D eigenvalue weighted by atomic mass is 10.3. The van der Waals surface area contributed by atoms with E-state index in [0.29, 0.717) is 23.2 Å².